The van der Waals surface area contributed by atoms with Crippen molar-refractivity contribution >= 4 is 51.0 Å². The van der Waals surface area contributed by atoms with Crippen LogP contribution >= 0.6 is 23.4 Å². The summed E-state index contributed by atoms with van der Waals surface area (Å²) in [6.45, 7) is 1.91. The fourth-order valence-corrected chi connectivity index (χ4v) is 4.74. The summed E-state index contributed by atoms with van der Waals surface area (Å²) < 4.78 is 1.53. The summed E-state index contributed by atoms with van der Waals surface area (Å²) in [5.41, 5.74) is 3.47. The fraction of sp³-hybridized carbons (Fsp3) is 0.0800. The first kappa shape index (κ1) is 20.5. The van der Waals surface area contributed by atoms with E-state index in [1.54, 1.807) is 24.4 Å². The van der Waals surface area contributed by atoms with Gasteiger partial charge in [0.2, 0.25) is 0 Å². The van der Waals surface area contributed by atoms with Crippen molar-refractivity contribution in [2.45, 2.75) is 12.1 Å². The molecule has 1 N–H and O–H groups in total. The zero-order chi connectivity index (χ0) is 22.2. The number of Topliss-reactive ketones (excluding diaryl/α,β-unsaturated/α-hetero) is 1. The lowest BCUT2D eigenvalue weighted by atomic mass is 10.1. The number of carbonyl (C=O) groups is 1. The van der Waals surface area contributed by atoms with Gasteiger partial charge in [0.1, 0.15) is 0 Å². The van der Waals surface area contributed by atoms with Crippen LogP contribution in [0.15, 0.2) is 82.9 Å². The van der Waals surface area contributed by atoms with Crippen molar-refractivity contribution in [3.05, 3.63) is 99.4 Å². The maximum Gasteiger partial charge on any atom is 0.266 e. The fourth-order valence-electron chi connectivity index (χ4n) is 3.67. The second-order valence-corrected chi connectivity index (χ2v) is 8.80. The Balaban J connectivity index is 1.57. The summed E-state index contributed by atoms with van der Waals surface area (Å²) >= 11 is 7.58. The minimum absolute atomic E-state index is 0.0386. The van der Waals surface area contributed by atoms with Gasteiger partial charge in [0.25, 0.3) is 5.56 Å². The molecule has 2 aromatic heterocycles. The molecular weight excluding hydrogens is 442 g/mol. The van der Waals surface area contributed by atoms with Crippen LogP contribution in [0.25, 0.3) is 27.5 Å². The number of nitrogens with zero attached hydrogens (tertiary/aromatic N) is 2. The van der Waals surface area contributed by atoms with Crippen LogP contribution in [0.4, 0.5) is 0 Å². The monoisotopic (exact) mass is 459 g/mol. The highest BCUT2D eigenvalue weighted by Crippen LogP contribution is 2.26. The van der Waals surface area contributed by atoms with E-state index in [0.717, 1.165) is 16.5 Å². The maximum absolute atomic E-state index is 13.4. The highest BCUT2D eigenvalue weighted by Gasteiger charge is 2.17. The molecule has 0 saturated heterocycles. The lowest BCUT2D eigenvalue weighted by Gasteiger charge is -2.14. The van der Waals surface area contributed by atoms with E-state index in [-0.39, 0.29) is 17.1 Å². The van der Waals surface area contributed by atoms with Gasteiger partial charge < -0.3 is 4.98 Å². The number of thioether (sulfide) groups is 1. The van der Waals surface area contributed by atoms with Crippen LogP contribution in [0.5, 0.6) is 0 Å². The average molecular weight is 460 g/mol. The highest BCUT2D eigenvalue weighted by molar-refractivity contribution is 7.99. The molecule has 0 aliphatic carbocycles. The summed E-state index contributed by atoms with van der Waals surface area (Å²) in [7, 11) is 0. The van der Waals surface area contributed by atoms with Crippen LogP contribution in [0, 0.1) is 6.92 Å². The van der Waals surface area contributed by atoms with Crippen molar-refractivity contribution < 1.29 is 4.79 Å². The number of H-pyrrole nitrogens is 1. The molecule has 0 saturated carbocycles. The minimum atomic E-state index is -0.197. The number of fused-ring (bicyclic) bond motifs is 2. The van der Waals surface area contributed by atoms with E-state index in [4.69, 9.17) is 16.6 Å². The summed E-state index contributed by atoms with van der Waals surface area (Å²) in [5.74, 6) is 0.106. The summed E-state index contributed by atoms with van der Waals surface area (Å²) in [6.07, 6.45) is 1.73. The van der Waals surface area contributed by atoms with E-state index in [0.29, 0.717) is 32.3 Å². The maximum atomic E-state index is 13.4. The SMILES string of the molecule is Cc1ccc(-n2c(SCC(=O)c3c[nH]c4ccccc34)nc3ccccc3c2=O)cc1Cl. The third-order valence-electron chi connectivity index (χ3n) is 5.38. The van der Waals surface area contributed by atoms with Crippen LogP contribution < -0.4 is 5.56 Å². The quantitative estimate of drug-likeness (QED) is 0.205. The minimum Gasteiger partial charge on any atom is -0.360 e. The molecule has 0 atom stereocenters. The van der Waals surface area contributed by atoms with E-state index in [2.05, 4.69) is 4.98 Å². The molecule has 2 heterocycles. The van der Waals surface area contributed by atoms with Gasteiger partial charge in [-0.2, -0.15) is 0 Å². The number of para-hydroxylation sites is 2. The van der Waals surface area contributed by atoms with Gasteiger partial charge >= 0.3 is 0 Å². The van der Waals surface area contributed by atoms with Crippen LogP contribution in [0.3, 0.4) is 0 Å². The van der Waals surface area contributed by atoms with Crippen molar-refractivity contribution in [3.63, 3.8) is 0 Å². The Morgan fingerprint density at radius 1 is 1.06 bits per heavy atom. The molecule has 0 bridgehead atoms. The van der Waals surface area contributed by atoms with Gasteiger partial charge in [-0.3, -0.25) is 14.2 Å². The Morgan fingerprint density at radius 3 is 2.62 bits per heavy atom. The van der Waals surface area contributed by atoms with E-state index in [1.807, 2.05) is 55.5 Å². The van der Waals surface area contributed by atoms with Crippen LogP contribution in [-0.4, -0.2) is 26.1 Å². The second kappa shape index (κ2) is 8.30. The molecule has 5 rings (SSSR count). The number of halogens is 1. The van der Waals surface area contributed by atoms with Crippen LogP contribution in [0.1, 0.15) is 15.9 Å². The zero-order valence-electron chi connectivity index (χ0n) is 17.1. The van der Waals surface area contributed by atoms with Gasteiger partial charge in [-0.15, -0.1) is 0 Å². The van der Waals surface area contributed by atoms with E-state index in [1.165, 1.54) is 16.3 Å². The molecular formula is C25H18ClN3O2S. The molecule has 3 aromatic carbocycles. The summed E-state index contributed by atoms with van der Waals surface area (Å²) in [6, 6.07) is 20.3. The van der Waals surface area contributed by atoms with Crippen molar-refractivity contribution in [2.24, 2.45) is 0 Å². The molecule has 0 aliphatic heterocycles. The lowest BCUT2D eigenvalue weighted by Crippen LogP contribution is -2.22. The van der Waals surface area contributed by atoms with Gasteiger partial charge in [-0.1, -0.05) is 59.8 Å². The Morgan fingerprint density at radius 2 is 1.81 bits per heavy atom. The van der Waals surface area contributed by atoms with E-state index < -0.39 is 0 Å². The Hall–Kier alpha value is -3.35. The van der Waals surface area contributed by atoms with Gasteiger partial charge in [0, 0.05) is 27.7 Å². The number of aromatic nitrogens is 3. The third kappa shape index (κ3) is 3.61. The largest absolute Gasteiger partial charge is 0.360 e. The number of benzene rings is 3. The predicted molar refractivity (Wildman–Crippen MR) is 130 cm³/mol. The van der Waals surface area contributed by atoms with Gasteiger partial charge in [-0.25, -0.2) is 4.98 Å². The van der Waals surface area contributed by atoms with E-state index >= 15 is 0 Å². The molecule has 7 heteroatoms. The molecule has 158 valence electrons. The number of hydrogen-bond donors (Lipinski definition) is 1. The number of nitrogens with one attached hydrogen (secondary N) is 1. The standard InChI is InChI=1S/C25H18ClN3O2S/c1-15-10-11-16(12-20(15)26)29-24(31)18-7-3-5-9-22(18)28-25(29)32-14-23(30)19-13-27-21-8-4-2-6-17(19)21/h2-13,27H,14H2,1H3. The molecule has 5 nitrogen and oxygen atoms in total. The van der Waals surface area contributed by atoms with Crippen molar-refractivity contribution in [3.8, 4) is 5.69 Å². The smallest absolute Gasteiger partial charge is 0.266 e. The Labute approximate surface area is 193 Å². The Kier molecular flexibility index (Phi) is 5.33. The first-order valence-corrected chi connectivity index (χ1v) is 11.4. The molecule has 5 aromatic rings. The number of hydrogen-bond acceptors (Lipinski definition) is 4. The topological polar surface area (TPSA) is 67.8 Å². The predicted octanol–water partition coefficient (Wildman–Crippen LogP) is 5.80. The number of carbonyl (C=O) groups excluding carboxylic acids is 1. The van der Waals surface area contributed by atoms with Crippen molar-refractivity contribution in [2.75, 3.05) is 5.75 Å². The van der Waals surface area contributed by atoms with E-state index in [9.17, 15) is 9.59 Å². The van der Waals surface area contributed by atoms with Crippen molar-refractivity contribution in [1.82, 2.24) is 14.5 Å². The molecule has 32 heavy (non-hydrogen) atoms. The lowest BCUT2D eigenvalue weighted by molar-refractivity contribution is 0.102. The first-order valence-electron chi connectivity index (χ1n) is 10.0. The molecule has 0 fully saturated rings. The molecule has 0 aliphatic rings. The first-order chi connectivity index (χ1) is 15.5. The van der Waals surface area contributed by atoms with Crippen LogP contribution in [-0.2, 0) is 0 Å². The summed E-state index contributed by atoms with van der Waals surface area (Å²) in [4.78, 5) is 34.2. The van der Waals surface area contributed by atoms with Gasteiger partial charge in [0.15, 0.2) is 10.9 Å². The highest BCUT2D eigenvalue weighted by atomic mass is 35.5. The molecule has 0 unspecified atom stereocenters. The second-order valence-electron chi connectivity index (χ2n) is 7.45. The number of aromatic amines is 1. The van der Waals surface area contributed by atoms with Gasteiger partial charge in [0.05, 0.1) is 22.3 Å². The van der Waals surface area contributed by atoms with Crippen molar-refractivity contribution in [1.29, 1.82) is 0 Å². The number of ketones is 1. The number of rotatable bonds is 5. The third-order valence-corrected chi connectivity index (χ3v) is 6.73. The Bertz CT molecular complexity index is 1550. The molecule has 0 radical (unpaired) electrons. The zero-order valence-corrected chi connectivity index (χ0v) is 18.7. The molecule has 0 amide bonds. The molecule has 0 spiro atoms. The normalized spacial score (nSPS) is 11.3. The number of aryl methyl sites for hydroxylation is 1. The van der Waals surface area contributed by atoms with Gasteiger partial charge in [-0.05, 0) is 42.8 Å². The summed E-state index contributed by atoms with van der Waals surface area (Å²) in [5, 5.41) is 2.40. The van der Waals surface area contributed by atoms with Crippen LogP contribution in [0.2, 0.25) is 5.02 Å². The average Bonchev–Trinajstić information content (AvgIpc) is 3.24.